The van der Waals surface area contributed by atoms with Crippen molar-refractivity contribution < 1.29 is 9.47 Å². The van der Waals surface area contributed by atoms with Crippen molar-refractivity contribution in [1.29, 1.82) is 0 Å². The average molecular weight is 371 g/mol. The summed E-state index contributed by atoms with van der Waals surface area (Å²) in [6, 6.07) is 15.9. The van der Waals surface area contributed by atoms with E-state index in [2.05, 4.69) is 22.8 Å². The molecule has 4 rings (SSSR count). The summed E-state index contributed by atoms with van der Waals surface area (Å²) in [6.45, 7) is 2.41. The summed E-state index contributed by atoms with van der Waals surface area (Å²) in [4.78, 5) is 4.84. The van der Waals surface area contributed by atoms with Crippen molar-refractivity contribution in [2.45, 2.75) is 38.3 Å². The van der Waals surface area contributed by atoms with Gasteiger partial charge in [-0.15, -0.1) is 0 Å². The third-order valence-electron chi connectivity index (χ3n) is 4.77. The first kappa shape index (κ1) is 17.4. The van der Waals surface area contributed by atoms with Gasteiger partial charge < -0.3 is 14.0 Å². The predicted octanol–water partition coefficient (Wildman–Crippen LogP) is 5.40. The molecular weight excluding hydrogens is 348 g/mol. The Morgan fingerprint density at radius 1 is 1.12 bits per heavy atom. The van der Waals surface area contributed by atoms with Gasteiger partial charge in [0.05, 0.1) is 22.7 Å². The van der Waals surface area contributed by atoms with E-state index in [4.69, 9.17) is 26.1 Å². The molecule has 4 nitrogen and oxygen atoms in total. The third-order valence-corrected chi connectivity index (χ3v) is 5.08. The zero-order valence-electron chi connectivity index (χ0n) is 14.7. The highest BCUT2D eigenvalue weighted by molar-refractivity contribution is 6.32. The molecule has 0 bridgehead atoms. The van der Waals surface area contributed by atoms with Crippen molar-refractivity contribution >= 4 is 22.6 Å². The molecule has 0 aliphatic carbocycles. The van der Waals surface area contributed by atoms with E-state index in [0.29, 0.717) is 11.6 Å². The maximum Gasteiger partial charge on any atom is 0.139 e. The molecule has 1 saturated heterocycles. The van der Waals surface area contributed by atoms with Gasteiger partial charge in [-0.25, -0.2) is 4.98 Å². The maximum atomic E-state index is 6.13. The number of ether oxygens (including phenoxy) is 2. The Bertz CT molecular complexity index is 871. The SMILES string of the molecule is Clc1ccccc1OCCCCn1c(C2CCCO2)nc2ccccc21. The van der Waals surface area contributed by atoms with Gasteiger partial charge in [0, 0.05) is 13.2 Å². The van der Waals surface area contributed by atoms with E-state index in [0.717, 1.165) is 55.9 Å². The van der Waals surface area contributed by atoms with Gasteiger partial charge in [0.2, 0.25) is 0 Å². The average Bonchev–Trinajstić information content (AvgIpc) is 3.31. The fourth-order valence-corrected chi connectivity index (χ4v) is 3.66. The highest BCUT2D eigenvalue weighted by atomic mass is 35.5. The van der Waals surface area contributed by atoms with Gasteiger partial charge in [0.15, 0.2) is 0 Å². The monoisotopic (exact) mass is 370 g/mol. The van der Waals surface area contributed by atoms with Crippen molar-refractivity contribution in [1.82, 2.24) is 9.55 Å². The molecule has 1 fully saturated rings. The van der Waals surface area contributed by atoms with Crippen LogP contribution in [0.15, 0.2) is 48.5 Å². The van der Waals surface area contributed by atoms with Gasteiger partial charge in [-0.05, 0) is 49.9 Å². The lowest BCUT2D eigenvalue weighted by Crippen LogP contribution is -2.10. The van der Waals surface area contributed by atoms with Crippen molar-refractivity contribution in [2.24, 2.45) is 0 Å². The third kappa shape index (κ3) is 3.71. The Balaban J connectivity index is 1.40. The highest BCUT2D eigenvalue weighted by Crippen LogP contribution is 2.31. The standard InChI is InChI=1S/C21H23ClN2O2/c22-16-8-1-4-11-19(16)25-14-6-5-13-24-18-10-3-2-9-17(18)23-21(24)20-12-7-15-26-20/h1-4,8-11,20H,5-7,12-15H2. The van der Waals surface area contributed by atoms with Crippen molar-refractivity contribution in [2.75, 3.05) is 13.2 Å². The second kappa shape index (κ2) is 8.11. The number of imidazole rings is 1. The van der Waals surface area contributed by atoms with E-state index in [1.165, 1.54) is 5.52 Å². The smallest absolute Gasteiger partial charge is 0.139 e. The van der Waals surface area contributed by atoms with Gasteiger partial charge in [0.25, 0.3) is 0 Å². The van der Waals surface area contributed by atoms with Crippen molar-refractivity contribution in [3.63, 3.8) is 0 Å². The Hall–Kier alpha value is -2.04. The Morgan fingerprint density at radius 2 is 1.96 bits per heavy atom. The van der Waals surface area contributed by atoms with Crippen LogP contribution in [0.5, 0.6) is 5.75 Å². The number of nitrogens with zero attached hydrogens (tertiary/aromatic N) is 2. The topological polar surface area (TPSA) is 36.3 Å². The molecule has 1 atom stereocenters. The summed E-state index contributed by atoms with van der Waals surface area (Å²) in [7, 11) is 0. The second-order valence-electron chi connectivity index (χ2n) is 6.60. The number of para-hydroxylation sites is 3. The molecular formula is C21H23ClN2O2. The molecule has 1 aliphatic heterocycles. The lowest BCUT2D eigenvalue weighted by atomic mass is 10.2. The number of aryl methyl sites for hydroxylation is 1. The molecule has 0 N–H and O–H groups in total. The fraction of sp³-hybridized carbons (Fsp3) is 0.381. The summed E-state index contributed by atoms with van der Waals surface area (Å²) in [5.74, 6) is 1.82. The number of rotatable bonds is 7. The zero-order chi connectivity index (χ0) is 17.8. The molecule has 1 unspecified atom stereocenters. The summed E-state index contributed by atoms with van der Waals surface area (Å²) in [6.07, 6.45) is 4.27. The molecule has 1 aromatic heterocycles. The molecule has 5 heteroatoms. The summed E-state index contributed by atoms with van der Waals surface area (Å²) in [5, 5.41) is 0.661. The summed E-state index contributed by atoms with van der Waals surface area (Å²) < 4.78 is 14.0. The number of hydrogen-bond acceptors (Lipinski definition) is 3. The van der Waals surface area contributed by atoms with Crippen LogP contribution in [-0.4, -0.2) is 22.8 Å². The molecule has 3 aromatic rings. The normalized spacial score (nSPS) is 17.0. The maximum absolute atomic E-state index is 6.13. The molecule has 0 radical (unpaired) electrons. The van der Waals surface area contributed by atoms with Gasteiger partial charge >= 0.3 is 0 Å². The minimum absolute atomic E-state index is 0.127. The quantitative estimate of drug-likeness (QED) is 0.522. The largest absolute Gasteiger partial charge is 0.492 e. The number of benzene rings is 2. The number of unbranched alkanes of at least 4 members (excludes halogenated alkanes) is 1. The van der Waals surface area contributed by atoms with Gasteiger partial charge in [0.1, 0.15) is 17.7 Å². The van der Waals surface area contributed by atoms with Gasteiger partial charge in [-0.2, -0.15) is 0 Å². The lowest BCUT2D eigenvalue weighted by Gasteiger charge is -2.14. The van der Waals surface area contributed by atoms with Crippen LogP contribution in [0.2, 0.25) is 5.02 Å². The number of halogens is 1. The fourth-order valence-electron chi connectivity index (χ4n) is 3.47. The molecule has 26 heavy (non-hydrogen) atoms. The van der Waals surface area contributed by atoms with Crippen molar-refractivity contribution in [3.8, 4) is 5.75 Å². The Morgan fingerprint density at radius 3 is 2.81 bits per heavy atom. The van der Waals surface area contributed by atoms with E-state index in [-0.39, 0.29) is 6.10 Å². The van der Waals surface area contributed by atoms with E-state index < -0.39 is 0 Å². The number of hydrogen-bond donors (Lipinski definition) is 0. The number of fused-ring (bicyclic) bond motifs is 1. The second-order valence-corrected chi connectivity index (χ2v) is 7.01. The van der Waals surface area contributed by atoms with Crippen LogP contribution in [0.1, 0.15) is 37.6 Å². The van der Waals surface area contributed by atoms with Gasteiger partial charge in [-0.3, -0.25) is 0 Å². The van der Waals surface area contributed by atoms with Crippen LogP contribution in [0.25, 0.3) is 11.0 Å². The van der Waals surface area contributed by atoms with E-state index in [9.17, 15) is 0 Å². The van der Waals surface area contributed by atoms with E-state index in [1.807, 2.05) is 30.3 Å². The molecule has 136 valence electrons. The first-order valence-corrected chi connectivity index (χ1v) is 9.65. The van der Waals surface area contributed by atoms with Crippen molar-refractivity contribution in [3.05, 3.63) is 59.4 Å². The minimum atomic E-state index is 0.127. The molecule has 2 aromatic carbocycles. The molecule has 0 spiro atoms. The van der Waals surface area contributed by atoms with E-state index >= 15 is 0 Å². The van der Waals surface area contributed by atoms with Crippen LogP contribution in [-0.2, 0) is 11.3 Å². The van der Waals surface area contributed by atoms with E-state index in [1.54, 1.807) is 0 Å². The highest BCUT2D eigenvalue weighted by Gasteiger charge is 2.24. The lowest BCUT2D eigenvalue weighted by molar-refractivity contribution is 0.102. The molecule has 1 aliphatic rings. The van der Waals surface area contributed by atoms with Gasteiger partial charge in [-0.1, -0.05) is 35.9 Å². The van der Waals surface area contributed by atoms with Crippen LogP contribution in [0.4, 0.5) is 0 Å². The molecule has 0 saturated carbocycles. The number of aromatic nitrogens is 2. The van der Waals surface area contributed by atoms with Crippen LogP contribution < -0.4 is 4.74 Å². The van der Waals surface area contributed by atoms with Crippen LogP contribution in [0, 0.1) is 0 Å². The minimum Gasteiger partial charge on any atom is -0.492 e. The summed E-state index contributed by atoms with van der Waals surface area (Å²) in [5.41, 5.74) is 2.23. The first-order chi connectivity index (χ1) is 12.8. The molecule has 0 amide bonds. The van der Waals surface area contributed by atoms with Crippen LogP contribution in [0.3, 0.4) is 0 Å². The van der Waals surface area contributed by atoms with Crippen LogP contribution >= 0.6 is 11.6 Å². The summed E-state index contributed by atoms with van der Waals surface area (Å²) >= 11 is 6.13. The Kier molecular flexibility index (Phi) is 5.42. The zero-order valence-corrected chi connectivity index (χ0v) is 15.5. The predicted molar refractivity (Wildman–Crippen MR) is 104 cm³/mol. The molecule has 2 heterocycles. The Labute approximate surface area is 158 Å². The first-order valence-electron chi connectivity index (χ1n) is 9.27.